The largest absolute Gasteiger partial charge is 0.453 e. The number of aryl methyl sites for hydroxylation is 1. The van der Waals surface area contributed by atoms with Crippen molar-refractivity contribution in [2.45, 2.75) is 45.8 Å². The second-order valence-corrected chi connectivity index (χ2v) is 7.71. The lowest BCUT2D eigenvalue weighted by atomic mass is 10.0. The Morgan fingerprint density at radius 3 is 2.59 bits per heavy atom. The molecule has 0 radical (unpaired) electrons. The Morgan fingerprint density at radius 2 is 2.00 bits per heavy atom. The third-order valence-electron chi connectivity index (χ3n) is 4.23. The molecule has 0 atom stereocenters. The monoisotopic (exact) mass is 421 g/mol. The van der Waals surface area contributed by atoms with E-state index in [-0.39, 0.29) is 18.7 Å². The van der Waals surface area contributed by atoms with Crippen molar-refractivity contribution >= 4 is 29.2 Å². The number of nitrogens with one attached hydrogen (secondary N) is 1. The third-order valence-corrected chi connectivity index (χ3v) is 4.46. The fraction of sp³-hybridized carbons (Fsp3) is 0.400. The molecule has 9 heteroatoms. The molecule has 0 spiro atoms. The molecule has 0 aliphatic heterocycles. The van der Waals surface area contributed by atoms with E-state index in [1.807, 2.05) is 0 Å². The summed E-state index contributed by atoms with van der Waals surface area (Å²) in [5.74, 6) is 0.175. The highest BCUT2D eigenvalue weighted by molar-refractivity contribution is 6.31. The molecule has 2 N–H and O–H groups in total. The van der Waals surface area contributed by atoms with Crippen LogP contribution in [0.2, 0.25) is 5.02 Å². The van der Waals surface area contributed by atoms with Gasteiger partial charge in [-0.2, -0.15) is 0 Å². The van der Waals surface area contributed by atoms with Crippen LogP contribution in [0.3, 0.4) is 0 Å². The number of carbonyl (C=O) groups excluding carboxylic acids is 2. The van der Waals surface area contributed by atoms with Gasteiger partial charge in [-0.15, -0.1) is 0 Å². The number of hydrogen-bond donors (Lipinski definition) is 2. The highest BCUT2D eigenvalue weighted by Crippen LogP contribution is 2.29. The first-order valence-corrected chi connectivity index (χ1v) is 9.35. The number of rotatable bonds is 7. The SMILES string of the molecule is COC(=O)Nc1cc(Cl)ccc1-c1cc(=O)n(CC(=O)CCC(C)(C)O)c(C)n1. The second-order valence-electron chi connectivity index (χ2n) is 7.27. The Bertz CT molecular complexity index is 979. The zero-order valence-corrected chi connectivity index (χ0v) is 17.5. The van der Waals surface area contributed by atoms with E-state index in [2.05, 4.69) is 15.0 Å². The van der Waals surface area contributed by atoms with Crippen molar-refractivity contribution in [1.82, 2.24) is 9.55 Å². The van der Waals surface area contributed by atoms with E-state index in [4.69, 9.17) is 11.6 Å². The van der Waals surface area contributed by atoms with Gasteiger partial charge in [-0.25, -0.2) is 9.78 Å². The number of amides is 1. The lowest BCUT2D eigenvalue weighted by Gasteiger charge is -2.17. The summed E-state index contributed by atoms with van der Waals surface area (Å²) in [6.07, 6.45) is -0.226. The van der Waals surface area contributed by atoms with Crippen LogP contribution in [0.1, 0.15) is 32.5 Å². The summed E-state index contributed by atoms with van der Waals surface area (Å²) < 4.78 is 5.88. The van der Waals surface area contributed by atoms with Gasteiger partial charge in [0.25, 0.3) is 5.56 Å². The molecule has 0 aliphatic carbocycles. The van der Waals surface area contributed by atoms with E-state index in [0.717, 1.165) is 0 Å². The molecule has 1 aromatic carbocycles. The highest BCUT2D eigenvalue weighted by atomic mass is 35.5. The van der Waals surface area contributed by atoms with Crippen LogP contribution in [-0.2, 0) is 16.1 Å². The molecule has 156 valence electrons. The summed E-state index contributed by atoms with van der Waals surface area (Å²) in [6, 6.07) is 6.06. The van der Waals surface area contributed by atoms with Crippen LogP contribution in [0.15, 0.2) is 29.1 Å². The van der Waals surface area contributed by atoms with Crippen LogP contribution in [0.4, 0.5) is 10.5 Å². The maximum Gasteiger partial charge on any atom is 0.411 e. The van der Waals surface area contributed by atoms with Gasteiger partial charge < -0.3 is 9.84 Å². The van der Waals surface area contributed by atoms with E-state index in [9.17, 15) is 19.5 Å². The van der Waals surface area contributed by atoms with E-state index in [0.29, 0.717) is 34.2 Å². The predicted octanol–water partition coefficient (Wildman–Crippen LogP) is 3.17. The first kappa shape index (κ1) is 22.6. The molecular formula is C20H24ClN3O5. The van der Waals surface area contributed by atoms with Crippen LogP contribution >= 0.6 is 11.6 Å². The van der Waals surface area contributed by atoms with E-state index in [1.54, 1.807) is 32.9 Å². The Balaban J connectivity index is 2.33. The minimum absolute atomic E-state index is 0.123. The van der Waals surface area contributed by atoms with Crippen molar-refractivity contribution in [2.75, 3.05) is 12.4 Å². The van der Waals surface area contributed by atoms with Crippen molar-refractivity contribution < 1.29 is 19.4 Å². The smallest absolute Gasteiger partial charge is 0.411 e. The Labute approximate surface area is 173 Å². The summed E-state index contributed by atoms with van der Waals surface area (Å²) in [4.78, 5) is 40.8. The highest BCUT2D eigenvalue weighted by Gasteiger charge is 2.17. The van der Waals surface area contributed by atoms with Gasteiger partial charge in [0.15, 0.2) is 5.78 Å². The normalized spacial score (nSPS) is 11.2. The van der Waals surface area contributed by atoms with Crippen LogP contribution < -0.4 is 10.9 Å². The molecule has 29 heavy (non-hydrogen) atoms. The zero-order chi connectivity index (χ0) is 21.8. The molecule has 1 aromatic heterocycles. The van der Waals surface area contributed by atoms with Gasteiger partial charge in [0.05, 0.1) is 30.6 Å². The fourth-order valence-corrected chi connectivity index (χ4v) is 2.83. The summed E-state index contributed by atoms with van der Waals surface area (Å²) in [5, 5.41) is 12.7. The van der Waals surface area contributed by atoms with Gasteiger partial charge in [0.2, 0.25) is 0 Å². The van der Waals surface area contributed by atoms with Crippen molar-refractivity contribution in [3.8, 4) is 11.3 Å². The first-order valence-electron chi connectivity index (χ1n) is 8.97. The van der Waals surface area contributed by atoms with Crippen LogP contribution in [0, 0.1) is 6.92 Å². The van der Waals surface area contributed by atoms with Crippen LogP contribution in [0.25, 0.3) is 11.3 Å². The molecule has 0 unspecified atom stereocenters. The first-order chi connectivity index (χ1) is 13.5. The number of Topliss-reactive ketones (excluding diaryl/α,β-unsaturated/α-hetero) is 1. The topological polar surface area (TPSA) is 111 Å². The number of ether oxygens (including phenoxy) is 1. The standard InChI is InChI=1S/C20H24ClN3O5/c1-12-22-17(15-6-5-13(21)9-16(15)23-19(27)29-4)10-18(26)24(12)11-14(25)7-8-20(2,3)28/h5-6,9-10,28H,7-8,11H2,1-4H3,(H,23,27). The maximum atomic E-state index is 12.6. The van der Waals surface area contributed by atoms with Crippen molar-refractivity contribution in [2.24, 2.45) is 0 Å². The Morgan fingerprint density at radius 1 is 1.31 bits per heavy atom. The molecule has 0 aliphatic rings. The van der Waals surface area contributed by atoms with Gasteiger partial charge in [-0.3, -0.25) is 19.5 Å². The number of halogens is 1. The molecule has 1 amide bonds. The average Bonchev–Trinajstić information content (AvgIpc) is 2.62. The predicted molar refractivity (Wildman–Crippen MR) is 110 cm³/mol. The third kappa shape index (κ3) is 6.40. The number of benzene rings is 1. The second kappa shape index (κ2) is 9.19. The van der Waals surface area contributed by atoms with Gasteiger partial charge in [0, 0.05) is 23.1 Å². The maximum absolute atomic E-state index is 12.6. The molecule has 8 nitrogen and oxygen atoms in total. The van der Waals surface area contributed by atoms with E-state index < -0.39 is 17.3 Å². The van der Waals surface area contributed by atoms with Crippen molar-refractivity contribution in [1.29, 1.82) is 0 Å². The summed E-state index contributed by atoms with van der Waals surface area (Å²) in [7, 11) is 1.23. The number of ketones is 1. The van der Waals surface area contributed by atoms with Gasteiger partial charge in [-0.05, 0) is 45.4 Å². The van der Waals surface area contributed by atoms with Crippen molar-refractivity contribution in [3.63, 3.8) is 0 Å². The fourth-order valence-electron chi connectivity index (χ4n) is 2.66. The summed E-state index contributed by atoms with van der Waals surface area (Å²) in [5.41, 5.74) is -0.191. The molecular weight excluding hydrogens is 398 g/mol. The van der Waals surface area contributed by atoms with E-state index in [1.165, 1.54) is 23.8 Å². The van der Waals surface area contributed by atoms with Gasteiger partial charge >= 0.3 is 6.09 Å². The summed E-state index contributed by atoms with van der Waals surface area (Å²) >= 11 is 6.00. The lowest BCUT2D eigenvalue weighted by molar-refractivity contribution is -0.120. The number of anilines is 1. The molecule has 2 aromatic rings. The quantitative estimate of drug-likeness (QED) is 0.710. The molecule has 0 saturated heterocycles. The number of methoxy groups -OCH3 is 1. The number of aromatic nitrogens is 2. The molecule has 2 rings (SSSR count). The van der Waals surface area contributed by atoms with Crippen LogP contribution in [0.5, 0.6) is 0 Å². The number of hydrogen-bond acceptors (Lipinski definition) is 6. The number of nitrogens with zero attached hydrogens (tertiary/aromatic N) is 2. The van der Waals surface area contributed by atoms with Gasteiger partial charge in [-0.1, -0.05) is 11.6 Å². The van der Waals surface area contributed by atoms with Gasteiger partial charge in [0.1, 0.15) is 5.82 Å². The minimum Gasteiger partial charge on any atom is -0.453 e. The number of carbonyl (C=O) groups is 2. The Hall–Kier alpha value is -2.71. The Kier molecular flexibility index (Phi) is 7.16. The molecule has 0 fully saturated rings. The molecule has 1 heterocycles. The number of aliphatic hydroxyl groups is 1. The molecule has 0 saturated carbocycles. The summed E-state index contributed by atoms with van der Waals surface area (Å²) in [6.45, 7) is 4.75. The van der Waals surface area contributed by atoms with E-state index >= 15 is 0 Å². The van der Waals surface area contributed by atoms with Crippen molar-refractivity contribution in [3.05, 3.63) is 45.5 Å². The minimum atomic E-state index is -0.949. The molecule has 0 bridgehead atoms. The lowest BCUT2D eigenvalue weighted by Crippen LogP contribution is -2.28. The van der Waals surface area contributed by atoms with Crippen LogP contribution in [-0.4, -0.2) is 39.2 Å². The average molecular weight is 422 g/mol. The zero-order valence-electron chi connectivity index (χ0n) is 16.8.